The van der Waals surface area contributed by atoms with E-state index in [0.717, 1.165) is 5.56 Å². The fraction of sp³-hybridized carbons (Fsp3) is 0.417. The number of morpholine rings is 1. The molecule has 0 saturated carbocycles. The van der Waals surface area contributed by atoms with E-state index < -0.39 is 19.9 Å². The molecule has 0 radical (unpaired) electrons. The van der Waals surface area contributed by atoms with Crippen LogP contribution < -0.4 is 18.9 Å². The first-order chi connectivity index (χ1) is 9.31. The molecule has 1 aliphatic rings. The van der Waals surface area contributed by atoms with Crippen LogP contribution in [0.3, 0.4) is 0 Å². The van der Waals surface area contributed by atoms with Gasteiger partial charge in [-0.3, -0.25) is 4.21 Å². The topological polar surface area (TPSA) is 76.0 Å². The zero-order valence-corrected chi connectivity index (χ0v) is 13.8. The zero-order valence-electron chi connectivity index (χ0n) is 12.2. The van der Waals surface area contributed by atoms with Gasteiger partial charge in [-0.1, -0.05) is 17.7 Å². The number of hydrogen-bond donors (Lipinski definition) is 0. The molecule has 1 unspecified atom stereocenters. The second kappa shape index (κ2) is 7.27. The smallest absolute Gasteiger partial charge is 0.379 e. The van der Waals surface area contributed by atoms with E-state index in [9.17, 15) is 12.6 Å². The van der Waals surface area contributed by atoms with Crippen molar-refractivity contribution in [2.45, 2.75) is 11.8 Å². The summed E-state index contributed by atoms with van der Waals surface area (Å²) in [6.07, 6.45) is 3.47. The summed E-state index contributed by atoms with van der Waals surface area (Å²) >= 11 is 0. The third kappa shape index (κ3) is 4.81. The van der Waals surface area contributed by atoms with E-state index in [1.165, 1.54) is 16.4 Å². The van der Waals surface area contributed by atoms with Gasteiger partial charge in [-0.2, -0.15) is 8.42 Å². The second-order valence-electron chi connectivity index (χ2n) is 4.51. The number of nitrogens with zero attached hydrogens (tertiary/aromatic N) is 2. The maximum atomic E-state index is 12.4. The Balaban J connectivity index is 0.00000220. The number of aryl methyl sites for hydroxylation is 1. The third-order valence-corrected chi connectivity index (χ3v) is 6.66. The molecular formula is C12H17LiN2O4S2. The van der Waals surface area contributed by atoms with E-state index in [-0.39, 0.29) is 23.8 Å². The van der Waals surface area contributed by atoms with E-state index in [2.05, 4.69) is 10.0 Å². The van der Waals surface area contributed by atoms with Gasteiger partial charge in [0.25, 0.3) is 10.0 Å². The van der Waals surface area contributed by atoms with Crippen LogP contribution >= 0.6 is 0 Å². The van der Waals surface area contributed by atoms with Crippen molar-refractivity contribution in [3.8, 4) is 0 Å². The first-order valence-corrected chi connectivity index (χ1v) is 9.15. The summed E-state index contributed by atoms with van der Waals surface area (Å²) in [5.74, 6) is 0. The van der Waals surface area contributed by atoms with Crippen molar-refractivity contribution in [3.05, 3.63) is 36.1 Å². The summed E-state index contributed by atoms with van der Waals surface area (Å²) in [7, 11) is -7.19. The number of benzene rings is 1. The number of sulfonamides is 1. The van der Waals surface area contributed by atoms with Crippen molar-refractivity contribution in [2.75, 3.05) is 26.3 Å². The van der Waals surface area contributed by atoms with Gasteiger partial charge in [0.15, 0.2) is 0 Å². The molecule has 1 aromatic rings. The van der Waals surface area contributed by atoms with Gasteiger partial charge in [-0.05, 0) is 29.0 Å². The number of ether oxygens (including phenoxy) is 1. The SMILES string of the molecule is [CH2-]S(=O)(=NS(=O)(=O)c1ccc(C)cc1)N1CCOCC1.[Li+]. The Hall–Kier alpha value is -0.363. The maximum Gasteiger partial charge on any atom is 1.00 e. The van der Waals surface area contributed by atoms with Gasteiger partial charge in [0.1, 0.15) is 0 Å². The molecule has 1 fully saturated rings. The predicted molar refractivity (Wildman–Crippen MR) is 76.7 cm³/mol. The van der Waals surface area contributed by atoms with Crippen molar-refractivity contribution in [3.63, 3.8) is 0 Å². The van der Waals surface area contributed by atoms with Crippen molar-refractivity contribution >= 4 is 19.9 Å². The zero-order chi connectivity index (χ0) is 14.8. The first kappa shape index (κ1) is 18.7. The van der Waals surface area contributed by atoms with Gasteiger partial charge >= 0.3 is 18.9 Å². The fourth-order valence-electron chi connectivity index (χ4n) is 1.79. The van der Waals surface area contributed by atoms with Crippen molar-refractivity contribution in [1.29, 1.82) is 0 Å². The fourth-order valence-corrected chi connectivity index (χ4v) is 4.93. The van der Waals surface area contributed by atoms with Crippen molar-refractivity contribution < 1.29 is 36.2 Å². The van der Waals surface area contributed by atoms with Gasteiger partial charge in [-0.15, -0.1) is 3.77 Å². The van der Waals surface area contributed by atoms with Crippen LogP contribution in [0.25, 0.3) is 0 Å². The summed E-state index contributed by atoms with van der Waals surface area (Å²) in [6, 6.07) is 6.23. The Morgan fingerprint density at radius 2 is 1.67 bits per heavy atom. The van der Waals surface area contributed by atoms with Crippen LogP contribution in [0.2, 0.25) is 0 Å². The molecule has 1 heterocycles. The molecular weight excluding hydrogens is 307 g/mol. The maximum absolute atomic E-state index is 12.4. The molecule has 2 rings (SSSR count). The summed E-state index contributed by atoms with van der Waals surface area (Å²) in [6.45, 7) is 3.36. The van der Waals surface area contributed by atoms with E-state index in [1.54, 1.807) is 12.1 Å². The van der Waals surface area contributed by atoms with E-state index in [0.29, 0.717) is 26.3 Å². The van der Waals surface area contributed by atoms with Crippen LogP contribution in [0, 0.1) is 13.2 Å². The van der Waals surface area contributed by atoms with Crippen LogP contribution in [-0.4, -0.2) is 43.2 Å². The largest absolute Gasteiger partial charge is 1.00 e. The van der Waals surface area contributed by atoms with E-state index in [4.69, 9.17) is 4.74 Å². The standard InChI is InChI=1S/C12H17N2O4S2.Li/c1-11-3-5-12(6-4-11)20(16,17)13-19(2,15)14-7-9-18-10-8-14;/h3-6H,2,7-10H2,1H3;/q-1;+1. The molecule has 1 aliphatic heterocycles. The van der Waals surface area contributed by atoms with Crippen molar-refractivity contribution in [1.82, 2.24) is 4.31 Å². The minimum atomic E-state index is -3.98. The molecule has 0 spiro atoms. The number of rotatable bonds is 3. The molecule has 21 heavy (non-hydrogen) atoms. The van der Waals surface area contributed by atoms with Gasteiger partial charge in [0.2, 0.25) is 0 Å². The first-order valence-electron chi connectivity index (χ1n) is 6.07. The molecule has 112 valence electrons. The summed E-state index contributed by atoms with van der Waals surface area (Å²) in [5, 5.41) is 0. The summed E-state index contributed by atoms with van der Waals surface area (Å²) < 4.78 is 46.8. The Morgan fingerprint density at radius 1 is 1.14 bits per heavy atom. The molecule has 1 aromatic carbocycles. The van der Waals surface area contributed by atoms with Gasteiger partial charge in [-0.25, -0.2) is 10.6 Å². The van der Waals surface area contributed by atoms with Crippen molar-refractivity contribution in [2.24, 2.45) is 3.77 Å². The van der Waals surface area contributed by atoms with Gasteiger partial charge in [0.05, 0.1) is 18.1 Å². The average Bonchev–Trinajstić information content (AvgIpc) is 2.39. The van der Waals surface area contributed by atoms with Gasteiger partial charge in [0, 0.05) is 13.1 Å². The summed E-state index contributed by atoms with van der Waals surface area (Å²) in [5.41, 5.74) is 0.937. The van der Waals surface area contributed by atoms with E-state index >= 15 is 0 Å². The molecule has 1 saturated heterocycles. The van der Waals surface area contributed by atoms with Crippen LogP contribution in [0.4, 0.5) is 0 Å². The molecule has 0 aromatic heterocycles. The van der Waals surface area contributed by atoms with Crippen LogP contribution in [-0.2, 0) is 24.7 Å². The Labute approximate surface area is 138 Å². The monoisotopic (exact) mass is 324 g/mol. The summed E-state index contributed by atoms with van der Waals surface area (Å²) in [4.78, 5) is 0.0211. The van der Waals surface area contributed by atoms with Crippen LogP contribution in [0.15, 0.2) is 32.9 Å². The van der Waals surface area contributed by atoms with E-state index in [1.807, 2.05) is 6.92 Å². The Morgan fingerprint density at radius 3 is 2.19 bits per heavy atom. The molecule has 6 nitrogen and oxygen atoms in total. The van der Waals surface area contributed by atoms with Gasteiger partial charge < -0.3 is 4.74 Å². The number of hydrogen-bond acceptors (Lipinski definition) is 4. The molecule has 0 bridgehead atoms. The minimum Gasteiger partial charge on any atom is -0.379 e. The molecule has 0 aliphatic carbocycles. The Kier molecular flexibility index (Phi) is 6.47. The third-order valence-electron chi connectivity index (χ3n) is 2.91. The quantitative estimate of drug-likeness (QED) is 0.485. The normalized spacial score (nSPS) is 19.3. The molecule has 0 N–H and O–H groups in total. The Bertz CT molecular complexity index is 688. The van der Waals surface area contributed by atoms with Crippen LogP contribution in [0.5, 0.6) is 0 Å². The predicted octanol–water partition coefficient (Wildman–Crippen LogP) is -1.81. The van der Waals surface area contributed by atoms with Crippen LogP contribution in [0.1, 0.15) is 5.56 Å². The minimum absolute atomic E-state index is 0. The second-order valence-corrected chi connectivity index (χ2v) is 8.26. The average molecular weight is 324 g/mol. The molecule has 1 atom stereocenters. The molecule has 9 heteroatoms. The molecule has 0 amide bonds.